The molecule has 2 atom stereocenters. The van der Waals surface area contributed by atoms with E-state index in [0.717, 1.165) is 25.3 Å². The van der Waals surface area contributed by atoms with Crippen molar-refractivity contribution in [3.8, 4) is 0 Å². The SMILES string of the molecule is CS(=O)(=O)OC[C@H]1CC[C@H](C[P+](c2ccccc2)(c2ccccc2)c2ccccc2)O1.CS(=O)(=O)[O-]. The molecule has 0 spiro atoms. The quantitative estimate of drug-likeness (QED) is 0.241. The van der Waals surface area contributed by atoms with E-state index in [4.69, 9.17) is 21.9 Å². The topological polar surface area (TPSA) is 110 Å². The van der Waals surface area contributed by atoms with Gasteiger partial charge < -0.3 is 9.29 Å². The molecule has 0 N–H and O–H groups in total. The third kappa shape index (κ3) is 8.47. The van der Waals surface area contributed by atoms with Crippen LogP contribution in [-0.4, -0.2) is 58.9 Å². The highest BCUT2D eigenvalue weighted by Crippen LogP contribution is 2.56. The van der Waals surface area contributed by atoms with Gasteiger partial charge in [0.05, 0.1) is 41.4 Å². The minimum absolute atomic E-state index is 0.0436. The number of ether oxygens (including phenoxy) is 1. The Balaban J connectivity index is 0.000000658. The van der Waals surface area contributed by atoms with E-state index in [9.17, 15) is 8.42 Å². The smallest absolute Gasteiger partial charge is 0.264 e. The molecular weight excluding hydrogens is 519 g/mol. The zero-order valence-corrected chi connectivity index (χ0v) is 22.8. The van der Waals surface area contributed by atoms with Crippen LogP contribution in [-0.2, 0) is 29.2 Å². The summed E-state index contributed by atoms with van der Waals surface area (Å²) in [6.07, 6.45) is 4.11. The van der Waals surface area contributed by atoms with Gasteiger partial charge in [-0.1, -0.05) is 54.6 Å². The van der Waals surface area contributed by atoms with Crippen molar-refractivity contribution >= 4 is 43.4 Å². The molecule has 0 bridgehead atoms. The molecule has 1 fully saturated rings. The molecule has 10 heteroatoms. The summed E-state index contributed by atoms with van der Waals surface area (Å²) >= 11 is 0. The predicted molar refractivity (Wildman–Crippen MR) is 144 cm³/mol. The van der Waals surface area contributed by atoms with E-state index in [2.05, 4.69) is 91.0 Å². The number of hydrogen-bond donors (Lipinski definition) is 0. The highest BCUT2D eigenvalue weighted by atomic mass is 32.2. The van der Waals surface area contributed by atoms with Crippen LogP contribution in [0.3, 0.4) is 0 Å². The number of benzene rings is 3. The number of hydrogen-bond acceptors (Lipinski definition) is 7. The largest absolute Gasteiger partial charge is 0.748 e. The lowest BCUT2D eigenvalue weighted by Crippen LogP contribution is -2.37. The van der Waals surface area contributed by atoms with Gasteiger partial charge in [-0.25, -0.2) is 8.42 Å². The summed E-state index contributed by atoms with van der Waals surface area (Å²) < 4.78 is 61.3. The van der Waals surface area contributed by atoms with E-state index in [-0.39, 0.29) is 18.8 Å². The second kappa shape index (κ2) is 12.4. The molecule has 194 valence electrons. The van der Waals surface area contributed by atoms with E-state index < -0.39 is 27.5 Å². The Labute approximate surface area is 214 Å². The Bertz CT molecular complexity index is 1200. The van der Waals surface area contributed by atoms with Gasteiger partial charge in [-0.05, 0) is 49.2 Å². The van der Waals surface area contributed by atoms with Crippen LogP contribution in [0.4, 0.5) is 0 Å². The fourth-order valence-electron chi connectivity index (χ4n) is 4.35. The molecule has 1 heterocycles. The summed E-state index contributed by atoms with van der Waals surface area (Å²) in [5.41, 5.74) is 0. The Hall–Kier alpha value is -2.13. The van der Waals surface area contributed by atoms with Gasteiger partial charge in [-0.15, -0.1) is 0 Å². The fraction of sp³-hybridized carbons (Fsp3) is 0.308. The Morgan fingerprint density at radius 2 is 1.11 bits per heavy atom. The molecule has 0 amide bonds. The van der Waals surface area contributed by atoms with E-state index in [0.29, 0.717) is 6.26 Å². The molecule has 36 heavy (non-hydrogen) atoms. The molecule has 0 saturated carbocycles. The van der Waals surface area contributed by atoms with Crippen molar-refractivity contribution in [2.75, 3.05) is 25.3 Å². The summed E-state index contributed by atoms with van der Waals surface area (Å²) in [5, 5.41) is 3.98. The lowest BCUT2D eigenvalue weighted by atomic mass is 10.2. The molecule has 0 aliphatic carbocycles. The van der Waals surface area contributed by atoms with Crippen molar-refractivity contribution in [1.82, 2.24) is 0 Å². The monoisotopic (exact) mass is 550 g/mol. The molecule has 3 aromatic rings. The normalized spacial score (nSPS) is 18.3. The van der Waals surface area contributed by atoms with Gasteiger partial charge in [0.15, 0.2) is 0 Å². The summed E-state index contributed by atoms with van der Waals surface area (Å²) in [6, 6.07) is 32.2. The fourth-order valence-corrected chi connectivity index (χ4v) is 9.20. The van der Waals surface area contributed by atoms with Gasteiger partial charge in [0.2, 0.25) is 0 Å². The molecule has 1 aliphatic heterocycles. The van der Waals surface area contributed by atoms with Crippen molar-refractivity contribution in [1.29, 1.82) is 0 Å². The van der Waals surface area contributed by atoms with Crippen LogP contribution in [0.25, 0.3) is 0 Å². The minimum atomic E-state index is -3.92. The highest BCUT2D eigenvalue weighted by Gasteiger charge is 2.48. The molecule has 1 saturated heterocycles. The van der Waals surface area contributed by atoms with E-state index in [1.54, 1.807) is 0 Å². The second-order valence-corrected chi connectivity index (χ2v) is 15.2. The van der Waals surface area contributed by atoms with Crippen molar-refractivity contribution in [3.63, 3.8) is 0 Å². The second-order valence-electron chi connectivity index (χ2n) is 8.65. The molecule has 0 unspecified atom stereocenters. The summed E-state index contributed by atoms with van der Waals surface area (Å²) in [7, 11) is -9.35. The maximum absolute atomic E-state index is 11.4. The van der Waals surface area contributed by atoms with Crippen molar-refractivity contribution in [2.24, 2.45) is 0 Å². The maximum atomic E-state index is 11.4. The van der Waals surface area contributed by atoms with Crippen LogP contribution in [0.15, 0.2) is 91.0 Å². The van der Waals surface area contributed by atoms with Gasteiger partial charge in [0.1, 0.15) is 23.2 Å². The zero-order valence-electron chi connectivity index (χ0n) is 20.3. The minimum Gasteiger partial charge on any atom is -0.748 e. The van der Waals surface area contributed by atoms with Crippen molar-refractivity contribution in [2.45, 2.75) is 25.0 Å². The third-order valence-corrected chi connectivity index (χ3v) is 10.8. The van der Waals surface area contributed by atoms with Crippen LogP contribution < -0.4 is 15.9 Å². The average Bonchev–Trinajstić information content (AvgIpc) is 3.29. The first-order valence-electron chi connectivity index (χ1n) is 11.4. The van der Waals surface area contributed by atoms with Crippen LogP contribution in [0.5, 0.6) is 0 Å². The zero-order chi connectivity index (χ0) is 26.2. The molecular formula is C26H31O7PS2. The van der Waals surface area contributed by atoms with Crippen LogP contribution >= 0.6 is 7.26 Å². The molecule has 7 nitrogen and oxygen atoms in total. The third-order valence-electron chi connectivity index (χ3n) is 5.73. The predicted octanol–water partition coefficient (Wildman–Crippen LogP) is 2.67. The highest BCUT2D eigenvalue weighted by molar-refractivity contribution is 7.95. The van der Waals surface area contributed by atoms with Crippen LogP contribution in [0, 0.1) is 0 Å². The standard InChI is InChI=1S/C25H28O4PS.CH4O3S/c1-31(26,27)28-19-21-17-18-22(29-21)20-30(23-11-5-2-6-12-23,24-13-7-3-8-14-24)25-15-9-4-10-16-25;1-5(2,3)4/h2-16,21-22H,17-20H2,1H3;1H3,(H,2,3,4)/q+1;/p-1/t21-,22-;/m1./s1. The average molecular weight is 551 g/mol. The van der Waals surface area contributed by atoms with Crippen LogP contribution in [0.1, 0.15) is 12.8 Å². The lowest BCUT2D eigenvalue weighted by Gasteiger charge is -2.30. The molecule has 0 aromatic heterocycles. The maximum Gasteiger partial charge on any atom is 0.264 e. The molecule has 0 radical (unpaired) electrons. The van der Waals surface area contributed by atoms with Gasteiger partial charge in [0.25, 0.3) is 10.1 Å². The van der Waals surface area contributed by atoms with Crippen molar-refractivity contribution in [3.05, 3.63) is 91.0 Å². The first kappa shape index (κ1) is 28.4. The first-order valence-corrected chi connectivity index (χ1v) is 17.0. The van der Waals surface area contributed by atoms with E-state index in [1.165, 1.54) is 15.9 Å². The van der Waals surface area contributed by atoms with Crippen LogP contribution in [0.2, 0.25) is 0 Å². The Kier molecular flexibility index (Phi) is 9.80. The molecule has 3 aromatic carbocycles. The van der Waals surface area contributed by atoms with E-state index in [1.807, 2.05) is 0 Å². The van der Waals surface area contributed by atoms with Gasteiger partial charge in [-0.2, -0.15) is 8.42 Å². The van der Waals surface area contributed by atoms with E-state index >= 15 is 0 Å². The van der Waals surface area contributed by atoms with Gasteiger partial charge in [0, 0.05) is 6.26 Å². The Morgan fingerprint density at radius 1 is 0.750 bits per heavy atom. The lowest BCUT2D eigenvalue weighted by molar-refractivity contribution is 0.0298. The molecule has 4 rings (SSSR count). The summed E-state index contributed by atoms with van der Waals surface area (Å²) in [5.74, 6) is 0. The number of rotatable bonds is 8. The summed E-state index contributed by atoms with van der Waals surface area (Å²) in [4.78, 5) is 0. The van der Waals surface area contributed by atoms with Crippen molar-refractivity contribution < 1.29 is 30.3 Å². The summed E-state index contributed by atoms with van der Waals surface area (Å²) in [6.45, 7) is 0.0861. The first-order chi connectivity index (χ1) is 17.0. The molecule has 1 aliphatic rings. The van der Waals surface area contributed by atoms with Gasteiger partial charge in [-0.3, -0.25) is 4.18 Å². The Morgan fingerprint density at radius 3 is 1.47 bits per heavy atom. The van der Waals surface area contributed by atoms with Gasteiger partial charge >= 0.3 is 0 Å².